The monoisotopic (exact) mass is 794 g/mol. The largest absolute Gasteiger partial charge is 0.309 e. The van der Waals surface area contributed by atoms with Crippen LogP contribution in [-0.4, -0.2) is 27.6 Å². The quantitative estimate of drug-likeness (QED) is 0.167. The van der Waals surface area contributed by atoms with Crippen molar-refractivity contribution in [3.05, 3.63) is 216 Å². The highest BCUT2D eigenvalue weighted by molar-refractivity contribution is 7.01. The maximum Gasteiger partial charge on any atom is 0.164 e. The van der Waals surface area contributed by atoms with Crippen LogP contribution in [0.25, 0.3) is 83.2 Å². The van der Waals surface area contributed by atoms with Gasteiger partial charge in [-0.3, -0.25) is 0 Å². The van der Waals surface area contributed by atoms with E-state index < -0.39 is 13.5 Å². The van der Waals surface area contributed by atoms with Gasteiger partial charge in [0.2, 0.25) is 0 Å². The van der Waals surface area contributed by atoms with Gasteiger partial charge in [-0.25, -0.2) is 15.0 Å². The summed E-state index contributed by atoms with van der Waals surface area (Å²) in [5.41, 5.74) is 11.3. The predicted octanol–water partition coefficient (Wildman–Crippen LogP) is 12.1. The number of rotatable bonds is 3. The third-order valence-electron chi connectivity index (χ3n) is 13.7. The lowest BCUT2D eigenvalue weighted by molar-refractivity contribution is 0.732. The molecule has 4 nitrogen and oxygen atoms in total. The van der Waals surface area contributed by atoms with E-state index in [4.69, 9.17) is 15.0 Å². The van der Waals surface area contributed by atoms with Crippen molar-refractivity contribution < 1.29 is 0 Å². The van der Waals surface area contributed by atoms with Gasteiger partial charge in [0.05, 0.1) is 22.1 Å². The van der Waals surface area contributed by atoms with E-state index in [1.165, 1.54) is 60.1 Å². The minimum absolute atomic E-state index is 0.602. The summed E-state index contributed by atoms with van der Waals surface area (Å²) in [5, 5.41) is 9.98. The molecule has 286 valence electrons. The third kappa shape index (κ3) is 4.61. The molecule has 13 rings (SSSR count). The third-order valence-corrected chi connectivity index (χ3v) is 17.3. The van der Waals surface area contributed by atoms with Gasteiger partial charge in [-0.05, 0) is 72.4 Å². The lowest BCUT2D eigenvalue weighted by atomic mass is 9.62. The topological polar surface area (TPSA) is 43.6 Å². The molecule has 0 radical (unpaired) electrons. The maximum absolute atomic E-state index is 5.43. The molecule has 11 aromatic rings. The molecular weight excluding hydrogens is 757 g/mol. The molecule has 2 aliphatic rings. The fourth-order valence-corrected chi connectivity index (χ4v) is 14.2. The van der Waals surface area contributed by atoms with Gasteiger partial charge in [0.1, 0.15) is 8.07 Å². The summed E-state index contributed by atoms with van der Waals surface area (Å²) in [7, 11) is -2.24. The second-order valence-electron chi connectivity index (χ2n) is 17.1. The van der Waals surface area contributed by atoms with Crippen LogP contribution in [0.2, 0.25) is 13.1 Å². The van der Waals surface area contributed by atoms with Crippen LogP contribution in [0.1, 0.15) is 22.3 Å². The zero-order valence-corrected chi connectivity index (χ0v) is 34.8. The normalized spacial score (nSPS) is 15.9. The molecule has 1 spiro atoms. The minimum Gasteiger partial charge on any atom is -0.309 e. The summed E-state index contributed by atoms with van der Waals surface area (Å²) >= 11 is 0. The number of aromatic nitrogens is 4. The Balaban J connectivity index is 1.15. The van der Waals surface area contributed by atoms with Crippen LogP contribution < -0.4 is 10.4 Å². The minimum atomic E-state index is -2.24. The molecule has 0 saturated carbocycles. The van der Waals surface area contributed by atoms with Gasteiger partial charge in [0.25, 0.3) is 0 Å². The summed E-state index contributed by atoms with van der Waals surface area (Å²) in [5.74, 6) is 1.98. The average molecular weight is 795 g/mol. The number of nitrogens with zero attached hydrogens (tertiary/aromatic N) is 4. The van der Waals surface area contributed by atoms with Gasteiger partial charge in [-0.2, -0.15) is 0 Å². The first-order valence-electron chi connectivity index (χ1n) is 21.1. The maximum atomic E-state index is 5.43. The van der Waals surface area contributed by atoms with Crippen molar-refractivity contribution >= 4 is 61.8 Å². The summed E-state index contributed by atoms with van der Waals surface area (Å²) in [4.78, 5) is 16.2. The molecule has 0 bridgehead atoms. The molecular formula is C56H38N4Si. The van der Waals surface area contributed by atoms with E-state index in [2.05, 4.69) is 212 Å². The van der Waals surface area contributed by atoms with E-state index in [1.54, 1.807) is 0 Å². The van der Waals surface area contributed by atoms with Crippen LogP contribution in [0.5, 0.6) is 0 Å². The van der Waals surface area contributed by atoms with Crippen LogP contribution in [0.15, 0.2) is 194 Å². The molecule has 1 atom stereocenters. The van der Waals surface area contributed by atoms with Crippen LogP contribution in [0, 0.1) is 0 Å². The molecule has 2 aliphatic heterocycles. The van der Waals surface area contributed by atoms with Gasteiger partial charge in [-0.1, -0.05) is 189 Å². The molecule has 9 aromatic carbocycles. The van der Waals surface area contributed by atoms with Crippen molar-refractivity contribution in [3.8, 4) is 39.9 Å². The van der Waals surface area contributed by atoms with E-state index in [9.17, 15) is 0 Å². The van der Waals surface area contributed by atoms with E-state index in [0.29, 0.717) is 17.5 Å². The van der Waals surface area contributed by atoms with Crippen molar-refractivity contribution in [2.75, 3.05) is 0 Å². The lowest BCUT2D eigenvalue weighted by Gasteiger charge is -2.49. The fraction of sp³-hybridized carbons (Fsp3) is 0.0536. The molecule has 2 aromatic heterocycles. The van der Waals surface area contributed by atoms with E-state index in [-0.39, 0.29) is 0 Å². The zero-order chi connectivity index (χ0) is 40.5. The van der Waals surface area contributed by atoms with Crippen molar-refractivity contribution in [2.24, 2.45) is 0 Å². The molecule has 0 N–H and O–H groups in total. The molecule has 0 aliphatic carbocycles. The average Bonchev–Trinajstić information content (AvgIpc) is 3.66. The van der Waals surface area contributed by atoms with E-state index in [1.807, 2.05) is 0 Å². The smallest absolute Gasteiger partial charge is 0.164 e. The number of para-hydroxylation sites is 3. The van der Waals surface area contributed by atoms with Gasteiger partial charge in [0, 0.05) is 27.5 Å². The summed E-state index contributed by atoms with van der Waals surface area (Å²) in [6, 6.07) is 71.2. The van der Waals surface area contributed by atoms with Gasteiger partial charge < -0.3 is 4.57 Å². The number of benzene rings is 9. The Morgan fingerprint density at radius 3 is 1.67 bits per heavy atom. The van der Waals surface area contributed by atoms with Crippen LogP contribution in [-0.2, 0) is 5.41 Å². The number of hydrogen-bond acceptors (Lipinski definition) is 3. The first-order valence-corrected chi connectivity index (χ1v) is 24.1. The molecule has 4 heterocycles. The highest BCUT2D eigenvalue weighted by Crippen LogP contribution is 2.55. The fourth-order valence-electron chi connectivity index (χ4n) is 11.1. The summed E-state index contributed by atoms with van der Waals surface area (Å²) in [6.07, 6.45) is 0. The van der Waals surface area contributed by atoms with Crippen LogP contribution >= 0.6 is 0 Å². The Kier molecular flexibility index (Phi) is 7.06. The molecule has 1 unspecified atom stereocenters. The lowest BCUT2D eigenvalue weighted by Crippen LogP contribution is -2.63. The molecule has 0 amide bonds. The Morgan fingerprint density at radius 1 is 0.410 bits per heavy atom. The first-order chi connectivity index (χ1) is 30.0. The van der Waals surface area contributed by atoms with Crippen molar-refractivity contribution in [1.82, 2.24) is 19.5 Å². The standard InChI is InChI=1S/C56H38N4Si/c1-61(2)50-31-12-9-27-45(50)56(44-26-8-11-30-49(44)60-48-29-10-7-22-40(48)41-23-15-28-46(56)52(41)60)47-34-37(32-33-51(47)61)53-57-54(42-24-13-18-35-16-3-5-20-38(35)42)59-55(58-53)43-25-14-19-36-17-4-6-21-39(36)43/h3-34H,1-2H3. The van der Waals surface area contributed by atoms with Crippen molar-refractivity contribution in [3.63, 3.8) is 0 Å². The Hall–Kier alpha value is -7.47. The Labute approximate surface area is 354 Å². The summed E-state index contributed by atoms with van der Waals surface area (Å²) in [6.45, 7) is 5.04. The molecule has 0 saturated heterocycles. The second-order valence-corrected chi connectivity index (χ2v) is 21.4. The predicted molar refractivity (Wildman–Crippen MR) is 254 cm³/mol. The number of fused-ring (bicyclic) bond motifs is 13. The second kappa shape index (κ2) is 12.5. The zero-order valence-electron chi connectivity index (χ0n) is 33.8. The van der Waals surface area contributed by atoms with E-state index >= 15 is 0 Å². The Morgan fingerprint density at radius 2 is 0.934 bits per heavy atom. The van der Waals surface area contributed by atoms with Gasteiger partial charge >= 0.3 is 0 Å². The van der Waals surface area contributed by atoms with Crippen LogP contribution in [0.3, 0.4) is 0 Å². The highest BCUT2D eigenvalue weighted by Gasteiger charge is 2.53. The van der Waals surface area contributed by atoms with Crippen molar-refractivity contribution in [1.29, 1.82) is 0 Å². The van der Waals surface area contributed by atoms with Crippen molar-refractivity contribution in [2.45, 2.75) is 18.5 Å². The Bertz CT molecular complexity index is 3550. The SMILES string of the molecule is C[Si]1(C)c2ccccc2C2(c3ccccc3-n3c4ccccc4c4cccc2c43)c2cc(-c3nc(-c4cccc5ccccc45)nc(-c4cccc5ccccc45)n3)ccc21. The van der Waals surface area contributed by atoms with E-state index in [0.717, 1.165) is 38.2 Å². The highest BCUT2D eigenvalue weighted by atomic mass is 28.3. The summed E-state index contributed by atoms with van der Waals surface area (Å²) < 4.78 is 2.52. The van der Waals surface area contributed by atoms with Gasteiger partial charge in [0.15, 0.2) is 17.5 Å². The molecule has 0 fully saturated rings. The first kappa shape index (κ1) is 34.4. The van der Waals surface area contributed by atoms with Crippen LogP contribution in [0.4, 0.5) is 0 Å². The number of hydrogen-bond donors (Lipinski definition) is 0. The van der Waals surface area contributed by atoms with Gasteiger partial charge in [-0.15, -0.1) is 0 Å². The molecule has 5 heteroatoms. The molecule has 61 heavy (non-hydrogen) atoms.